The molecule has 2 heterocycles. The zero-order chi connectivity index (χ0) is 24.3. The number of amides is 2. The molecule has 0 aliphatic rings. The van der Waals surface area contributed by atoms with Gasteiger partial charge in [-0.05, 0) is 48.5 Å². The molecule has 8 nitrogen and oxygen atoms in total. The second kappa shape index (κ2) is 9.22. The lowest BCUT2D eigenvalue weighted by atomic mass is 10.1. The van der Waals surface area contributed by atoms with E-state index in [9.17, 15) is 22.8 Å². The predicted molar refractivity (Wildman–Crippen MR) is 119 cm³/mol. The number of alkyl halides is 3. The second-order valence-corrected chi connectivity index (χ2v) is 7.26. The zero-order valence-corrected chi connectivity index (χ0v) is 17.7. The highest BCUT2D eigenvalue weighted by Gasteiger charge is 2.34. The lowest BCUT2D eigenvalue weighted by molar-refractivity contribution is -0.138. The monoisotopic (exact) mass is 469 g/mol. The number of pyridine rings is 1. The molecule has 0 aliphatic carbocycles. The van der Waals surface area contributed by atoms with E-state index in [2.05, 4.69) is 25.8 Å². The number of nitrogens with zero attached hydrogens (tertiary/aromatic N) is 2. The highest BCUT2D eigenvalue weighted by molar-refractivity contribution is 6.08. The Morgan fingerprint density at radius 3 is 2.38 bits per heavy atom. The number of halogens is 3. The van der Waals surface area contributed by atoms with Gasteiger partial charge in [-0.3, -0.25) is 19.7 Å². The molecular weight excluding hydrogens is 451 g/mol. The Labute approximate surface area is 191 Å². The van der Waals surface area contributed by atoms with Crippen molar-refractivity contribution in [1.29, 1.82) is 0 Å². The first-order valence-corrected chi connectivity index (χ1v) is 9.98. The Balaban J connectivity index is 1.41. The lowest BCUT2D eigenvalue weighted by Crippen LogP contribution is -2.21. The van der Waals surface area contributed by atoms with Crippen molar-refractivity contribution in [2.45, 2.75) is 12.6 Å². The summed E-state index contributed by atoms with van der Waals surface area (Å²) in [5.74, 6) is -1.77. The molecule has 0 bridgehead atoms. The average Bonchev–Trinajstić information content (AvgIpc) is 3.22. The van der Waals surface area contributed by atoms with Gasteiger partial charge in [-0.1, -0.05) is 0 Å². The molecule has 11 heteroatoms. The molecule has 0 radical (unpaired) electrons. The van der Waals surface area contributed by atoms with E-state index in [1.807, 2.05) is 6.07 Å². The maximum absolute atomic E-state index is 13.1. The zero-order valence-electron chi connectivity index (χ0n) is 17.7. The van der Waals surface area contributed by atoms with Crippen LogP contribution in [0.4, 0.5) is 24.5 Å². The SMILES string of the molecule is COc1ccc(NC(=O)CC(=O)Nc2ccc3c(-c4cccnc4)n[nH]c3c2)cc1C(F)(F)F. The average molecular weight is 469 g/mol. The first-order valence-electron chi connectivity index (χ1n) is 9.98. The van der Waals surface area contributed by atoms with Gasteiger partial charge in [0.25, 0.3) is 0 Å². The number of anilines is 2. The smallest absolute Gasteiger partial charge is 0.420 e. The van der Waals surface area contributed by atoms with Gasteiger partial charge in [0.2, 0.25) is 11.8 Å². The maximum Gasteiger partial charge on any atom is 0.420 e. The molecule has 2 aromatic carbocycles. The van der Waals surface area contributed by atoms with Crippen molar-refractivity contribution in [1.82, 2.24) is 15.2 Å². The van der Waals surface area contributed by atoms with Crippen molar-refractivity contribution >= 4 is 34.1 Å². The summed E-state index contributed by atoms with van der Waals surface area (Å²) >= 11 is 0. The summed E-state index contributed by atoms with van der Waals surface area (Å²) in [4.78, 5) is 28.6. The van der Waals surface area contributed by atoms with Crippen molar-refractivity contribution in [2.24, 2.45) is 0 Å². The Bertz CT molecular complexity index is 1350. The predicted octanol–water partition coefficient (Wildman–Crippen LogP) is 4.62. The molecule has 174 valence electrons. The summed E-state index contributed by atoms with van der Waals surface area (Å²) < 4.78 is 44.2. The highest BCUT2D eigenvalue weighted by atomic mass is 19.4. The van der Waals surface area contributed by atoms with E-state index in [1.54, 1.807) is 36.7 Å². The van der Waals surface area contributed by atoms with Gasteiger partial charge < -0.3 is 15.4 Å². The fourth-order valence-electron chi connectivity index (χ4n) is 3.38. The van der Waals surface area contributed by atoms with Gasteiger partial charge >= 0.3 is 6.18 Å². The van der Waals surface area contributed by atoms with Gasteiger partial charge in [0.15, 0.2) is 0 Å². The summed E-state index contributed by atoms with van der Waals surface area (Å²) in [6.07, 6.45) is -1.91. The third-order valence-corrected chi connectivity index (χ3v) is 4.89. The molecule has 0 saturated carbocycles. The van der Waals surface area contributed by atoms with E-state index in [1.165, 1.54) is 6.07 Å². The fraction of sp³-hybridized carbons (Fsp3) is 0.130. The number of carbonyl (C=O) groups excluding carboxylic acids is 2. The van der Waals surface area contributed by atoms with E-state index in [4.69, 9.17) is 4.74 Å². The molecule has 4 rings (SSSR count). The molecule has 0 unspecified atom stereocenters. The van der Waals surface area contributed by atoms with E-state index in [0.29, 0.717) is 16.9 Å². The summed E-state index contributed by atoms with van der Waals surface area (Å²) in [5, 5.41) is 12.9. The summed E-state index contributed by atoms with van der Waals surface area (Å²) in [6.45, 7) is 0. The van der Waals surface area contributed by atoms with Gasteiger partial charge in [0.05, 0.1) is 18.2 Å². The van der Waals surface area contributed by atoms with Crippen LogP contribution in [0.2, 0.25) is 0 Å². The number of aromatic amines is 1. The van der Waals surface area contributed by atoms with Crippen molar-refractivity contribution in [3.8, 4) is 17.0 Å². The Morgan fingerprint density at radius 2 is 1.74 bits per heavy atom. The third kappa shape index (κ3) is 4.98. The summed E-state index contributed by atoms with van der Waals surface area (Å²) in [6, 6.07) is 11.9. The number of methoxy groups -OCH3 is 1. The van der Waals surface area contributed by atoms with Gasteiger partial charge in [-0.15, -0.1) is 0 Å². The quantitative estimate of drug-likeness (QED) is 0.357. The van der Waals surface area contributed by atoms with E-state index in [0.717, 1.165) is 30.2 Å². The van der Waals surface area contributed by atoms with Gasteiger partial charge in [0.1, 0.15) is 17.9 Å². The number of hydrogen-bond donors (Lipinski definition) is 3. The number of hydrogen-bond acceptors (Lipinski definition) is 5. The molecule has 0 aliphatic heterocycles. The van der Waals surface area contributed by atoms with Crippen LogP contribution in [0.3, 0.4) is 0 Å². The molecular formula is C23H18F3N5O3. The van der Waals surface area contributed by atoms with E-state index < -0.39 is 30.0 Å². The third-order valence-electron chi connectivity index (χ3n) is 4.89. The lowest BCUT2D eigenvalue weighted by Gasteiger charge is -2.14. The molecule has 0 fully saturated rings. The van der Waals surface area contributed by atoms with Crippen molar-refractivity contribution in [3.05, 3.63) is 66.5 Å². The maximum atomic E-state index is 13.1. The molecule has 3 N–H and O–H groups in total. The number of nitrogens with one attached hydrogen (secondary N) is 3. The van der Waals surface area contributed by atoms with E-state index >= 15 is 0 Å². The minimum atomic E-state index is -4.66. The van der Waals surface area contributed by atoms with Crippen LogP contribution < -0.4 is 15.4 Å². The number of H-pyrrole nitrogens is 1. The topological polar surface area (TPSA) is 109 Å². The van der Waals surface area contributed by atoms with E-state index in [-0.39, 0.29) is 11.4 Å². The van der Waals surface area contributed by atoms with Crippen molar-refractivity contribution < 1.29 is 27.5 Å². The normalized spacial score (nSPS) is 11.3. The Hall–Kier alpha value is -4.41. The van der Waals surface area contributed by atoms with Crippen molar-refractivity contribution in [3.63, 3.8) is 0 Å². The Morgan fingerprint density at radius 1 is 1.03 bits per heavy atom. The highest BCUT2D eigenvalue weighted by Crippen LogP contribution is 2.37. The van der Waals surface area contributed by atoms with Crippen LogP contribution in [0, 0.1) is 0 Å². The largest absolute Gasteiger partial charge is 0.496 e. The van der Waals surface area contributed by atoms with Crippen LogP contribution in [-0.4, -0.2) is 34.1 Å². The number of aromatic nitrogens is 3. The minimum absolute atomic E-state index is 0.104. The first-order chi connectivity index (χ1) is 16.2. The number of benzene rings is 2. The molecule has 2 amide bonds. The molecule has 0 saturated heterocycles. The first kappa shape index (κ1) is 22.8. The summed E-state index contributed by atoms with van der Waals surface area (Å²) in [7, 11) is 1.12. The number of carbonyl (C=O) groups is 2. The van der Waals surface area contributed by atoms with Crippen LogP contribution in [0.15, 0.2) is 60.9 Å². The van der Waals surface area contributed by atoms with Crippen molar-refractivity contribution in [2.75, 3.05) is 17.7 Å². The second-order valence-electron chi connectivity index (χ2n) is 7.26. The molecule has 0 atom stereocenters. The van der Waals surface area contributed by atoms with Crippen LogP contribution in [-0.2, 0) is 15.8 Å². The number of fused-ring (bicyclic) bond motifs is 1. The molecule has 4 aromatic rings. The van der Waals surface area contributed by atoms with Crippen LogP contribution in [0.1, 0.15) is 12.0 Å². The summed E-state index contributed by atoms with van der Waals surface area (Å²) in [5.41, 5.74) is 1.49. The van der Waals surface area contributed by atoms with Gasteiger partial charge in [-0.2, -0.15) is 18.3 Å². The Kier molecular flexibility index (Phi) is 6.17. The number of rotatable bonds is 6. The van der Waals surface area contributed by atoms with Gasteiger partial charge in [0, 0.05) is 34.7 Å². The van der Waals surface area contributed by atoms with Gasteiger partial charge in [-0.25, -0.2) is 0 Å². The fourth-order valence-corrected chi connectivity index (χ4v) is 3.38. The van der Waals surface area contributed by atoms with Crippen LogP contribution >= 0.6 is 0 Å². The molecule has 2 aromatic heterocycles. The molecule has 0 spiro atoms. The van der Waals surface area contributed by atoms with Crippen LogP contribution in [0.5, 0.6) is 5.75 Å². The minimum Gasteiger partial charge on any atom is -0.496 e. The number of ether oxygens (including phenoxy) is 1. The van der Waals surface area contributed by atoms with Crippen LogP contribution in [0.25, 0.3) is 22.2 Å². The molecule has 34 heavy (non-hydrogen) atoms. The standard InChI is InChI=1S/C23H18F3N5O3/c1-34-19-7-5-14(9-17(19)23(24,25)26)28-20(32)11-21(33)29-15-4-6-16-18(10-15)30-31-22(16)13-3-2-8-27-12-13/h2-10,12H,11H2,1H3,(H,28,32)(H,29,33)(H,30,31).